The van der Waals surface area contributed by atoms with Crippen molar-refractivity contribution in [1.29, 1.82) is 0 Å². The molecule has 5 heteroatoms. The normalized spacial score (nSPS) is 11.0. The molecule has 0 saturated heterocycles. The molecule has 0 saturated carbocycles. The van der Waals surface area contributed by atoms with E-state index in [2.05, 4.69) is 66.5 Å². The highest BCUT2D eigenvalue weighted by atomic mass is 16.1. The molecule has 3 rings (SSSR count). The van der Waals surface area contributed by atoms with Gasteiger partial charge >= 0.3 is 0 Å². The van der Waals surface area contributed by atoms with Crippen LogP contribution in [-0.4, -0.2) is 15.9 Å². The third-order valence-corrected chi connectivity index (χ3v) is 4.82. The zero-order valence-electron chi connectivity index (χ0n) is 17.4. The number of amides is 1. The number of hydrogen-bond acceptors (Lipinski definition) is 4. The molecule has 0 unspecified atom stereocenters. The highest BCUT2D eigenvalue weighted by molar-refractivity contribution is 6.04. The molecule has 2 aromatic carbocycles. The summed E-state index contributed by atoms with van der Waals surface area (Å²) in [4.78, 5) is 21.4. The highest BCUT2D eigenvalue weighted by Gasteiger charge is 2.17. The summed E-state index contributed by atoms with van der Waals surface area (Å²) in [7, 11) is 0. The van der Waals surface area contributed by atoms with Gasteiger partial charge in [0, 0.05) is 24.6 Å². The molecule has 1 aromatic heterocycles. The Morgan fingerprint density at radius 2 is 1.45 bits per heavy atom. The zero-order chi connectivity index (χ0) is 20.8. The fourth-order valence-electron chi connectivity index (χ4n) is 3.19. The first-order valence-corrected chi connectivity index (χ1v) is 9.99. The summed E-state index contributed by atoms with van der Waals surface area (Å²) in [6.07, 6.45) is 3.12. The molecule has 0 spiro atoms. The summed E-state index contributed by atoms with van der Waals surface area (Å²) in [6, 6.07) is 16.2. The standard InChI is InChI=1S/C24H28N4O/c1-16(2)20-11-8-12-21(17(3)4)22(20)28-23(29)19-14-26-24(27-15-19)25-13-18-9-6-5-7-10-18/h5-12,14-17H,13H2,1-4H3,(H,28,29)(H,25,26,27). The van der Waals surface area contributed by atoms with Gasteiger partial charge in [-0.05, 0) is 28.5 Å². The zero-order valence-corrected chi connectivity index (χ0v) is 17.4. The molecule has 0 aliphatic heterocycles. The van der Waals surface area contributed by atoms with E-state index in [4.69, 9.17) is 0 Å². The Morgan fingerprint density at radius 3 is 2.00 bits per heavy atom. The SMILES string of the molecule is CC(C)c1cccc(C(C)C)c1NC(=O)c1cnc(NCc2ccccc2)nc1. The number of aromatic nitrogens is 2. The lowest BCUT2D eigenvalue weighted by molar-refractivity contribution is 0.102. The summed E-state index contributed by atoms with van der Waals surface area (Å²) in [6.45, 7) is 9.15. The van der Waals surface area contributed by atoms with Gasteiger partial charge in [0.05, 0.1) is 5.56 Å². The van der Waals surface area contributed by atoms with E-state index < -0.39 is 0 Å². The number of carbonyl (C=O) groups is 1. The fraction of sp³-hybridized carbons (Fsp3) is 0.292. The molecule has 0 aliphatic carbocycles. The van der Waals surface area contributed by atoms with E-state index >= 15 is 0 Å². The smallest absolute Gasteiger partial charge is 0.258 e. The van der Waals surface area contributed by atoms with Gasteiger partial charge in [-0.25, -0.2) is 9.97 Å². The maximum absolute atomic E-state index is 12.8. The third-order valence-electron chi connectivity index (χ3n) is 4.82. The number of nitrogens with one attached hydrogen (secondary N) is 2. The van der Waals surface area contributed by atoms with E-state index in [0.717, 1.165) is 22.4 Å². The van der Waals surface area contributed by atoms with Gasteiger partial charge in [0.15, 0.2) is 0 Å². The number of benzene rings is 2. The average Bonchev–Trinajstić information content (AvgIpc) is 2.73. The molecule has 5 nitrogen and oxygen atoms in total. The minimum atomic E-state index is -0.199. The lowest BCUT2D eigenvalue weighted by Gasteiger charge is -2.20. The van der Waals surface area contributed by atoms with Crippen molar-refractivity contribution in [2.24, 2.45) is 0 Å². The third kappa shape index (κ3) is 5.19. The maximum Gasteiger partial charge on any atom is 0.258 e. The van der Waals surface area contributed by atoms with E-state index in [1.165, 1.54) is 0 Å². The molecule has 2 N–H and O–H groups in total. The van der Waals surface area contributed by atoms with Gasteiger partial charge in [-0.2, -0.15) is 0 Å². The summed E-state index contributed by atoms with van der Waals surface area (Å²) in [5, 5.41) is 6.27. The van der Waals surface area contributed by atoms with Gasteiger partial charge < -0.3 is 10.6 Å². The Kier molecular flexibility index (Phi) is 6.60. The maximum atomic E-state index is 12.8. The van der Waals surface area contributed by atoms with E-state index in [1.54, 1.807) is 12.4 Å². The topological polar surface area (TPSA) is 66.9 Å². The summed E-state index contributed by atoms with van der Waals surface area (Å²) >= 11 is 0. The van der Waals surface area contributed by atoms with Gasteiger partial charge in [0.25, 0.3) is 5.91 Å². The first-order valence-electron chi connectivity index (χ1n) is 9.99. The summed E-state index contributed by atoms with van der Waals surface area (Å²) in [5.41, 5.74) is 4.74. The molecule has 0 atom stereocenters. The fourth-order valence-corrected chi connectivity index (χ4v) is 3.19. The second kappa shape index (κ2) is 9.32. The van der Waals surface area contributed by atoms with Gasteiger partial charge in [-0.3, -0.25) is 4.79 Å². The van der Waals surface area contributed by atoms with Crippen LogP contribution in [0.1, 0.15) is 66.6 Å². The van der Waals surface area contributed by atoms with Crippen LogP contribution < -0.4 is 10.6 Å². The van der Waals surface area contributed by atoms with Gasteiger partial charge in [0.1, 0.15) is 0 Å². The monoisotopic (exact) mass is 388 g/mol. The van der Waals surface area contributed by atoms with Gasteiger partial charge in [0.2, 0.25) is 5.95 Å². The predicted octanol–water partition coefficient (Wildman–Crippen LogP) is 5.59. The summed E-state index contributed by atoms with van der Waals surface area (Å²) in [5.74, 6) is 0.917. The Hall–Kier alpha value is -3.21. The molecule has 0 radical (unpaired) electrons. The number of rotatable bonds is 7. The Balaban J connectivity index is 1.73. The van der Waals surface area contributed by atoms with Crippen LogP contribution in [0.4, 0.5) is 11.6 Å². The van der Waals surface area contributed by atoms with Gasteiger partial charge in [-0.15, -0.1) is 0 Å². The van der Waals surface area contributed by atoms with E-state index in [1.807, 2.05) is 30.3 Å². The van der Waals surface area contributed by atoms with Crippen LogP contribution in [0.15, 0.2) is 60.9 Å². The van der Waals surface area contributed by atoms with Crippen molar-refractivity contribution in [3.63, 3.8) is 0 Å². The van der Waals surface area contributed by atoms with Crippen LogP contribution in [0, 0.1) is 0 Å². The Labute approximate surface area is 172 Å². The molecular formula is C24H28N4O. The minimum absolute atomic E-state index is 0.199. The number of hydrogen-bond donors (Lipinski definition) is 2. The van der Waals surface area contributed by atoms with Crippen LogP contribution in [0.2, 0.25) is 0 Å². The molecule has 1 heterocycles. The minimum Gasteiger partial charge on any atom is -0.350 e. The highest BCUT2D eigenvalue weighted by Crippen LogP contribution is 2.32. The second-order valence-corrected chi connectivity index (χ2v) is 7.71. The van der Waals surface area contributed by atoms with E-state index in [-0.39, 0.29) is 5.91 Å². The van der Waals surface area contributed by atoms with Crippen molar-refractivity contribution in [2.75, 3.05) is 10.6 Å². The number of anilines is 2. The largest absolute Gasteiger partial charge is 0.350 e. The lowest BCUT2D eigenvalue weighted by atomic mass is 9.92. The van der Waals surface area contributed by atoms with Crippen molar-refractivity contribution >= 4 is 17.5 Å². The van der Waals surface area contributed by atoms with Crippen LogP contribution >= 0.6 is 0 Å². The van der Waals surface area contributed by atoms with Crippen molar-refractivity contribution < 1.29 is 4.79 Å². The van der Waals surface area contributed by atoms with E-state index in [0.29, 0.717) is 29.9 Å². The van der Waals surface area contributed by atoms with Gasteiger partial charge in [-0.1, -0.05) is 76.2 Å². The van der Waals surface area contributed by atoms with Crippen LogP contribution in [0.25, 0.3) is 0 Å². The van der Waals surface area contributed by atoms with Crippen molar-refractivity contribution in [2.45, 2.75) is 46.1 Å². The quantitative estimate of drug-likeness (QED) is 0.554. The Morgan fingerprint density at radius 1 is 0.862 bits per heavy atom. The van der Waals surface area contributed by atoms with Crippen molar-refractivity contribution in [1.82, 2.24) is 9.97 Å². The van der Waals surface area contributed by atoms with Crippen LogP contribution in [-0.2, 0) is 6.54 Å². The van der Waals surface area contributed by atoms with Crippen LogP contribution in [0.3, 0.4) is 0 Å². The molecular weight excluding hydrogens is 360 g/mol. The molecule has 1 amide bonds. The lowest BCUT2D eigenvalue weighted by Crippen LogP contribution is -2.17. The second-order valence-electron chi connectivity index (χ2n) is 7.71. The number of nitrogens with zero attached hydrogens (tertiary/aromatic N) is 2. The van der Waals surface area contributed by atoms with E-state index in [9.17, 15) is 4.79 Å². The molecule has 0 fully saturated rings. The molecule has 150 valence electrons. The molecule has 3 aromatic rings. The first-order chi connectivity index (χ1) is 14.0. The summed E-state index contributed by atoms with van der Waals surface area (Å²) < 4.78 is 0. The van der Waals surface area contributed by atoms with Crippen molar-refractivity contribution in [3.05, 3.63) is 83.2 Å². The number of para-hydroxylation sites is 1. The Bertz CT molecular complexity index is 924. The van der Waals surface area contributed by atoms with Crippen LogP contribution in [0.5, 0.6) is 0 Å². The number of carbonyl (C=O) groups excluding carboxylic acids is 1. The molecule has 0 bridgehead atoms. The predicted molar refractivity (Wildman–Crippen MR) is 118 cm³/mol. The first kappa shape index (κ1) is 20.5. The van der Waals surface area contributed by atoms with Crippen molar-refractivity contribution in [3.8, 4) is 0 Å². The molecule has 29 heavy (non-hydrogen) atoms. The average molecular weight is 389 g/mol. The molecule has 0 aliphatic rings.